The van der Waals surface area contributed by atoms with E-state index >= 15 is 0 Å². The van der Waals surface area contributed by atoms with Gasteiger partial charge in [0.1, 0.15) is 12.4 Å². The van der Waals surface area contributed by atoms with Gasteiger partial charge in [0.05, 0.1) is 6.61 Å². The van der Waals surface area contributed by atoms with Crippen LogP contribution in [0.1, 0.15) is 26.7 Å². The maximum absolute atomic E-state index is 12.8. The third-order valence-electron chi connectivity index (χ3n) is 4.14. The Bertz CT molecular complexity index is 584. The third-order valence-corrected chi connectivity index (χ3v) is 4.39. The summed E-state index contributed by atoms with van der Waals surface area (Å²) < 4.78 is 11.3. The van der Waals surface area contributed by atoms with E-state index in [4.69, 9.17) is 27.5 Å². The lowest BCUT2D eigenvalue weighted by atomic mass is 9.96. The summed E-state index contributed by atoms with van der Waals surface area (Å²) in [7, 11) is 0. The fourth-order valence-electron chi connectivity index (χ4n) is 2.81. The minimum Gasteiger partial charge on any atom is -0.478 e. The Kier molecular flexibility index (Phi) is 6.53. The minimum atomic E-state index is -0.916. The fourth-order valence-corrected chi connectivity index (χ4v) is 2.93. The van der Waals surface area contributed by atoms with Gasteiger partial charge in [0, 0.05) is 18.1 Å². The molecule has 1 heterocycles. The molecular weight excluding hydrogens is 326 g/mol. The van der Waals surface area contributed by atoms with Crippen molar-refractivity contribution in [3.05, 3.63) is 29.3 Å². The molecule has 0 atom stereocenters. The summed E-state index contributed by atoms with van der Waals surface area (Å²) in [6.45, 7) is 6.04. The SMILES string of the molecule is C#CCOCC1CCN(C(=O)C(C)(C)Oc2ccc(Cl)cc2)CC1. The van der Waals surface area contributed by atoms with E-state index < -0.39 is 5.60 Å². The fraction of sp³-hybridized carbons (Fsp3) is 0.526. The molecule has 0 saturated carbocycles. The van der Waals surface area contributed by atoms with Crippen LogP contribution in [0.4, 0.5) is 0 Å². The summed E-state index contributed by atoms with van der Waals surface area (Å²) in [5, 5.41) is 0.639. The summed E-state index contributed by atoms with van der Waals surface area (Å²) in [4.78, 5) is 14.6. The van der Waals surface area contributed by atoms with E-state index in [-0.39, 0.29) is 5.91 Å². The van der Waals surface area contributed by atoms with Crippen molar-refractivity contribution < 1.29 is 14.3 Å². The highest BCUT2D eigenvalue weighted by Crippen LogP contribution is 2.25. The molecule has 0 unspecified atom stereocenters. The van der Waals surface area contributed by atoms with Gasteiger partial charge < -0.3 is 14.4 Å². The number of halogens is 1. The zero-order valence-electron chi connectivity index (χ0n) is 14.3. The average Bonchev–Trinajstić information content (AvgIpc) is 2.57. The minimum absolute atomic E-state index is 0.000410. The Labute approximate surface area is 149 Å². The molecule has 4 nitrogen and oxygen atoms in total. The molecule has 1 aromatic rings. The molecule has 0 bridgehead atoms. The van der Waals surface area contributed by atoms with E-state index in [2.05, 4.69) is 5.92 Å². The van der Waals surface area contributed by atoms with Crippen LogP contribution in [0.5, 0.6) is 5.75 Å². The highest BCUT2D eigenvalue weighted by atomic mass is 35.5. The van der Waals surface area contributed by atoms with Crippen LogP contribution in [0, 0.1) is 18.3 Å². The monoisotopic (exact) mass is 349 g/mol. The van der Waals surface area contributed by atoms with Crippen LogP contribution in [-0.2, 0) is 9.53 Å². The van der Waals surface area contributed by atoms with Crippen LogP contribution >= 0.6 is 11.6 Å². The molecule has 0 N–H and O–H groups in total. The molecule has 0 spiro atoms. The number of ether oxygens (including phenoxy) is 2. The van der Waals surface area contributed by atoms with E-state index in [0.29, 0.717) is 29.9 Å². The molecule has 130 valence electrons. The topological polar surface area (TPSA) is 38.8 Å². The van der Waals surface area contributed by atoms with Crippen LogP contribution in [0.2, 0.25) is 5.02 Å². The molecule has 1 aliphatic heterocycles. The maximum atomic E-state index is 12.8. The Morgan fingerprint density at radius 1 is 1.33 bits per heavy atom. The first-order chi connectivity index (χ1) is 11.4. The second-order valence-electron chi connectivity index (χ2n) is 6.52. The van der Waals surface area contributed by atoms with Crippen LogP contribution < -0.4 is 4.74 Å². The van der Waals surface area contributed by atoms with Crippen molar-refractivity contribution in [3.8, 4) is 18.1 Å². The molecule has 1 saturated heterocycles. The molecule has 2 rings (SSSR count). The smallest absolute Gasteiger partial charge is 0.266 e. The summed E-state index contributed by atoms with van der Waals surface area (Å²) >= 11 is 5.87. The standard InChI is InChI=1S/C19H24ClNO3/c1-4-13-23-14-15-9-11-21(12-10-15)18(22)19(2,3)24-17-7-5-16(20)6-8-17/h1,5-8,15H,9-14H2,2-3H3. The quantitative estimate of drug-likeness (QED) is 0.583. The zero-order chi connectivity index (χ0) is 17.6. The highest BCUT2D eigenvalue weighted by Gasteiger charge is 2.36. The van der Waals surface area contributed by atoms with Gasteiger partial charge in [0.15, 0.2) is 5.60 Å². The summed E-state index contributed by atoms with van der Waals surface area (Å²) in [5.74, 6) is 3.57. The largest absolute Gasteiger partial charge is 0.478 e. The number of carbonyl (C=O) groups excluding carboxylic acids is 1. The number of nitrogens with zero attached hydrogens (tertiary/aromatic N) is 1. The van der Waals surface area contributed by atoms with Gasteiger partial charge in [-0.3, -0.25) is 4.79 Å². The lowest BCUT2D eigenvalue weighted by Gasteiger charge is -2.37. The Balaban J connectivity index is 1.86. The van der Waals surface area contributed by atoms with Gasteiger partial charge in [0.2, 0.25) is 0 Å². The summed E-state index contributed by atoms with van der Waals surface area (Å²) in [6.07, 6.45) is 7.02. The van der Waals surface area contributed by atoms with Crippen molar-refractivity contribution in [1.82, 2.24) is 4.90 Å². The van der Waals surface area contributed by atoms with E-state index in [9.17, 15) is 4.79 Å². The zero-order valence-corrected chi connectivity index (χ0v) is 15.0. The molecule has 1 aromatic carbocycles. The van der Waals surface area contributed by atoms with Gasteiger partial charge in [-0.2, -0.15) is 0 Å². The summed E-state index contributed by atoms with van der Waals surface area (Å²) in [6, 6.07) is 7.04. The molecule has 1 aliphatic rings. The molecule has 1 amide bonds. The van der Waals surface area contributed by atoms with Crippen molar-refractivity contribution in [2.75, 3.05) is 26.3 Å². The number of hydrogen-bond acceptors (Lipinski definition) is 3. The normalized spacial score (nSPS) is 15.8. The van der Waals surface area contributed by atoms with Gasteiger partial charge in [-0.25, -0.2) is 0 Å². The van der Waals surface area contributed by atoms with Crippen molar-refractivity contribution in [2.45, 2.75) is 32.3 Å². The second-order valence-corrected chi connectivity index (χ2v) is 6.96. The number of amides is 1. The lowest BCUT2D eigenvalue weighted by molar-refractivity contribution is -0.147. The summed E-state index contributed by atoms with van der Waals surface area (Å²) in [5.41, 5.74) is -0.916. The first-order valence-electron chi connectivity index (χ1n) is 8.17. The van der Waals surface area contributed by atoms with Crippen LogP contribution in [0.15, 0.2) is 24.3 Å². The third kappa shape index (κ3) is 5.15. The number of rotatable bonds is 6. The molecule has 0 aromatic heterocycles. The van der Waals surface area contributed by atoms with Crippen LogP contribution in [0.25, 0.3) is 0 Å². The first-order valence-corrected chi connectivity index (χ1v) is 8.55. The van der Waals surface area contributed by atoms with E-state index in [0.717, 1.165) is 25.9 Å². The number of likely N-dealkylation sites (tertiary alicyclic amines) is 1. The van der Waals surface area contributed by atoms with E-state index in [1.807, 2.05) is 4.90 Å². The van der Waals surface area contributed by atoms with Crippen molar-refractivity contribution in [3.63, 3.8) is 0 Å². The predicted octanol–water partition coefficient (Wildman–Crippen LogP) is 3.39. The number of terminal acetylenes is 1. The molecule has 5 heteroatoms. The molecule has 0 aliphatic carbocycles. The molecule has 0 radical (unpaired) electrons. The molecule has 24 heavy (non-hydrogen) atoms. The van der Waals surface area contributed by atoms with Crippen molar-refractivity contribution in [1.29, 1.82) is 0 Å². The number of carbonyl (C=O) groups is 1. The Morgan fingerprint density at radius 3 is 2.54 bits per heavy atom. The average molecular weight is 350 g/mol. The molecule has 1 fully saturated rings. The lowest BCUT2D eigenvalue weighted by Crippen LogP contribution is -2.51. The second kappa shape index (κ2) is 8.41. The van der Waals surface area contributed by atoms with Gasteiger partial charge in [-0.15, -0.1) is 6.42 Å². The van der Waals surface area contributed by atoms with Crippen LogP contribution in [0.3, 0.4) is 0 Å². The predicted molar refractivity (Wildman–Crippen MR) is 95.1 cm³/mol. The first kappa shape index (κ1) is 18.6. The van der Waals surface area contributed by atoms with Gasteiger partial charge in [-0.1, -0.05) is 17.5 Å². The van der Waals surface area contributed by atoms with E-state index in [1.165, 1.54) is 0 Å². The van der Waals surface area contributed by atoms with E-state index in [1.54, 1.807) is 38.1 Å². The molecular formula is C19H24ClNO3. The Morgan fingerprint density at radius 2 is 1.96 bits per heavy atom. The van der Waals surface area contributed by atoms with Gasteiger partial charge >= 0.3 is 0 Å². The highest BCUT2D eigenvalue weighted by molar-refractivity contribution is 6.30. The van der Waals surface area contributed by atoms with Crippen LogP contribution in [-0.4, -0.2) is 42.7 Å². The Hall–Kier alpha value is -1.70. The number of hydrogen-bond donors (Lipinski definition) is 0. The van der Waals surface area contributed by atoms with Crippen molar-refractivity contribution in [2.24, 2.45) is 5.92 Å². The maximum Gasteiger partial charge on any atom is 0.266 e. The van der Waals surface area contributed by atoms with Crippen molar-refractivity contribution >= 4 is 17.5 Å². The number of piperidine rings is 1. The number of benzene rings is 1. The van der Waals surface area contributed by atoms with Gasteiger partial charge in [0.25, 0.3) is 5.91 Å². The van der Waals surface area contributed by atoms with Gasteiger partial charge in [-0.05, 0) is 56.9 Å².